The highest BCUT2D eigenvalue weighted by Gasteiger charge is 2.23. The van der Waals surface area contributed by atoms with E-state index in [0.29, 0.717) is 17.5 Å². The predicted molar refractivity (Wildman–Crippen MR) is 87.8 cm³/mol. The molecule has 0 aromatic heterocycles. The summed E-state index contributed by atoms with van der Waals surface area (Å²) < 4.78 is 0. The first-order valence-corrected chi connectivity index (χ1v) is 7.95. The van der Waals surface area contributed by atoms with Crippen LogP contribution < -0.4 is 10.6 Å². The van der Waals surface area contributed by atoms with Gasteiger partial charge in [-0.3, -0.25) is 4.79 Å². The van der Waals surface area contributed by atoms with Crippen LogP contribution in [0.4, 0.5) is 5.69 Å². The first-order valence-electron chi connectivity index (χ1n) is 7.95. The molecule has 1 amide bonds. The highest BCUT2D eigenvalue weighted by Crippen LogP contribution is 2.22. The second-order valence-corrected chi connectivity index (χ2v) is 5.89. The van der Waals surface area contributed by atoms with Crippen LogP contribution in [0.1, 0.15) is 37.0 Å². The lowest BCUT2D eigenvalue weighted by Crippen LogP contribution is -2.41. The molecule has 4 heteroatoms. The molecule has 0 radical (unpaired) electrons. The van der Waals surface area contributed by atoms with Gasteiger partial charge in [-0.15, -0.1) is 0 Å². The van der Waals surface area contributed by atoms with E-state index in [1.54, 1.807) is 7.05 Å². The summed E-state index contributed by atoms with van der Waals surface area (Å²) in [6, 6.07) is 8.16. The fourth-order valence-corrected chi connectivity index (χ4v) is 3.03. The standard InChI is InChI=1S/C17H27N3O/c1-4-20-11-5-6-15(12-20)13(2)19-16-9-7-14(8-10-16)17(21)18-3/h7-10,13,15,19H,4-6,11-12H2,1-3H3,(H,18,21). The average molecular weight is 289 g/mol. The minimum Gasteiger partial charge on any atom is -0.382 e. The van der Waals surface area contributed by atoms with E-state index >= 15 is 0 Å². The second-order valence-electron chi connectivity index (χ2n) is 5.89. The van der Waals surface area contributed by atoms with Gasteiger partial charge in [0.15, 0.2) is 0 Å². The lowest BCUT2D eigenvalue weighted by atomic mass is 9.91. The van der Waals surface area contributed by atoms with Gasteiger partial charge in [0.2, 0.25) is 0 Å². The maximum absolute atomic E-state index is 11.5. The Hall–Kier alpha value is -1.55. The molecule has 1 aromatic rings. The van der Waals surface area contributed by atoms with Gasteiger partial charge >= 0.3 is 0 Å². The van der Waals surface area contributed by atoms with Crippen molar-refractivity contribution in [2.45, 2.75) is 32.7 Å². The zero-order valence-corrected chi connectivity index (χ0v) is 13.4. The summed E-state index contributed by atoms with van der Waals surface area (Å²) in [5, 5.41) is 6.22. The molecule has 2 atom stereocenters. The van der Waals surface area contributed by atoms with Crippen LogP contribution in [-0.4, -0.2) is 43.5 Å². The van der Waals surface area contributed by atoms with Crippen molar-refractivity contribution < 1.29 is 4.79 Å². The third kappa shape index (κ3) is 4.21. The van der Waals surface area contributed by atoms with E-state index in [1.165, 1.54) is 25.9 Å². The minimum absolute atomic E-state index is 0.0412. The Morgan fingerprint density at radius 2 is 2.10 bits per heavy atom. The Labute approximate surface area is 127 Å². The molecule has 4 nitrogen and oxygen atoms in total. The number of rotatable bonds is 5. The van der Waals surface area contributed by atoms with Crippen molar-refractivity contribution >= 4 is 11.6 Å². The van der Waals surface area contributed by atoms with Gasteiger partial charge in [-0.25, -0.2) is 0 Å². The molecule has 1 aliphatic rings. The Balaban J connectivity index is 1.92. The van der Waals surface area contributed by atoms with E-state index in [-0.39, 0.29) is 5.91 Å². The largest absolute Gasteiger partial charge is 0.382 e. The van der Waals surface area contributed by atoms with E-state index < -0.39 is 0 Å². The first-order chi connectivity index (χ1) is 10.1. The van der Waals surface area contributed by atoms with Crippen LogP contribution in [0, 0.1) is 5.92 Å². The molecule has 0 spiro atoms. The zero-order chi connectivity index (χ0) is 15.2. The summed E-state index contributed by atoms with van der Waals surface area (Å²) in [5.74, 6) is 0.651. The quantitative estimate of drug-likeness (QED) is 0.875. The molecule has 2 unspecified atom stereocenters. The van der Waals surface area contributed by atoms with Crippen LogP contribution in [0.15, 0.2) is 24.3 Å². The number of benzene rings is 1. The van der Waals surface area contributed by atoms with Crippen LogP contribution in [0.2, 0.25) is 0 Å². The zero-order valence-electron chi connectivity index (χ0n) is 13.4. The number of carbonyl (C=O) groups excluding carboxylic acids is 1. The highest BCUT2D eigenvalue weighted by molar-refractivity contribution is 5.94. The van der Waals surface area contributed by atoms with E-state index in [2.05, 4.69) is 29.4 Å². The summed E-state index contributed by atoms with van der Waals surface area (Å²) in [6.45, 7) is 8.06. The van der Waals surface area contributed by atoms with E-state index in [1.807, 2.05) is 24.3 Å². The van der Waals surface area contributed by atoms with Crippen molar-refractivity contribution in [3.05, 3.63) is 29.8 Å². The molecule has 1 fully saturated rings. The van der Waals surface area contributed by atoms with Crippen LogP contribution in [0.3, 0.4) is 0 Å². The summed E-state index contributed by atoms with van der Waals surface area (Å²) in [5.41, 5.74) is 1.79. The molecule has 1 heterocycles. The van der Waals surface area contributed by atoms with Crippen LogP contribution >= 0.6 is 0 Å². The number of amides is 1. The Morgan fingerprint density at radius 1 is 1.38 bits per heavy atom. The van der Waals surface area contributed by atoms with Gasteiger partial charge in [0.25, 0.3) is 5.91 Å². The van der Waals surface area contributed by atoms with Crippen molar-refractivity contribution in [3.8, 4) is 0 Å². The number of hydrogen-bond donors (Lipinski definition) is 2. The first kappa shape index (κ1) is 15.8. The molecular weight excluding hydrogens is 262 g/mol. The molecular formula is C17H27N3O. The van der Waals surface area contributed by atoms with Gasteiger partial charge in [0.05, 0.1) is 0 Å². The predicted octanol–water partition coefficient (Wildman–Crippen LogP) is 2.58. The topological polar surface area (TPSA) is 44.4 Å². The van der Waals surface area contributed by atoms with Crippen molar-refractivity contribution in [2.24, 2.45) is 5.92 Å². The molecule has 1 aliphatic heterocycles. The van der Waals surface area contributed by atoms with E-state index in [4.69, 9.17) is 0 Å². The smallest absolute Gasteiger partial charge is 0.251 e. The minimum atomic E-state index is -0.0412. The number of likely N-dealkylation sites (tertiary alicyclic amines) is 1. The molecule has 0 aliphatic carbocycles. The fraction of sp³-hybridized carbons (Fsp3) is 0.588. The summed E-state index contributed by atoms with van der Waals surface area (Å²) in [7, 11) is 1.65. The fourth-order valence-electron chi connectivity index (χ4n) is 3.03. The number of anilines is 1. The number of carbonyl (C=O) groups is 1. The molecule has 0 bridgehead atoms. The van der Waals surface area contributed by atoms with Gasteiger partial charge in [-0.2, -0.15) is 0 Å². The highest BCUT2D eigenvalue weighted by atomic mass is 16.1. The number of hydrogen-bond acceptors (Lipinski definition) is 3. The van der Waals surface area contributed by atoms with Gasteiger partial charge in [-0.05, 0) is 63.0 Å². The monoisotopic (exact) mass is 289 g/mol. The molecule has 1 saturated heterocycles. The third-order valence-electron chi connectivity index (χ3n) is 4.46. The molecule has 1 aromatic carbocycles. The van der Waals surface area contributed by atoms with Crippen molar-refractivity contribution in [1.29, 1.82) is 0 Å². The lowest BCUT2D eigenvalue weighted by Gasteiger charge is -2.35. The van der Waals surface area contributed by atoms with Crippen LogP contribution in [0.5, 0.6) is 0 Å². The number of nitrogens with zero attached hydrogens (tertiary/aromatic N) is 1. The molecule has 21 heavy (non-hydrogen) atoms. The Bertz CT molecular complexity index is 458. The van der Waals surface area contributed by atoms with Crippen molar-refractivity contribution in [2.75, 3.05) is 32.0 Å². The van der Waals surface area contributed by atoms with Crippen LogP contribution in [-0.2, 0) is 0 Å². The lowest BCUT2D eigenvalue weighted by molar-refractivity contribution is 0.0963. The molecule has 2 rings (SSSR count). The Morgan fingerprint density at radius 3 is 2.71 bits per heavy atom. The number of piperidine rings is 1. The van der Waals surface area contributed by atoms with Crippen LogP contribution in [0.25, 0.3) is 0 Å². The van der Waals surface area contributed by atoms with Gasteiger partial charge in [0, 0.05) is 30.9 Å². The third-order valence-corrected chi connectivity index (χ3v) is 4.46. The van der Waals surface area contributed by atoms with Gasteiger partial charge in [0.1, 0.15) is 0 Å². The molecule has 2 N–H and O–H groups in total. The second kappa shape index (κ2) is 7.46. The summed E-state index contributed by atoms with van der Waals surface area (Å²) in [4.78, 5) is 14.1. The average Bonchev–Trinajstić information content (AvgIpc) is 2.54. The SMILES string of the molecule is CCN1CCCC(C(C)Nc2ccc(C(=O)NC)cc2)C1. The number of nitrogens with one attached hydrogen (secondary N) is 2. The normalized spacial score (nSPS) is 20.8. The van der Waals surface area contributed by atoms with E-state index in [0.717, 1.165) is 12.2 Å². The maximum atomic E-state index is 11.5. The summed E-state index contributed by atoms with van der Waals surface area (Å²) in [6.07, 6.45) is 2.58. The molecule has 0 saturated carbocycles. The maximum Gasteiger partial charge on any atom is 0.251 e. The van der Waals surface area contributed by atoms with Gasteiger partial charge in [-0.1, -0.05) is 6.92 Å². The van der Waals surface area contributed by atoms with Gasteiger partial charge < -0.3 is 15.5 Å². The van der Waals surface area contributed by atoms with E-state index in [9.17, 15) is 4.79 Å². The van der Waals surface area contributed by atoms with Crippen molar-refractivity contribution in [3.63, 3.8) is 0 Å². The summed E-state index contributed by atoms with van der Waals surface area (Å²) >= 11 is 0. The molecule has 116 valence electrons. The Kier molecular flexibility index (Phi) is 5.62. The van der Waals surface area contributed by atoms with Crippen molar-refractivity contribution in [1.82, 2.24) is 10.2 Å².